The minimum Gasteiger partial charge on any atom is -0.465 e. The molecule has 0 amide bonds. The lowest BCUT2D eigenvalue weighted by molar-refractivity contribution is 0.0603. The van der Waals surface area contributed by atoms with E-state index in [1.54, 1.807) is 12.4 Å². The van der Waals surface area contributed by atoms with Gasteiger partial charge in [0.2, 0.25) is 0 Å². The Morgan fingerprint density at radius 1 is 1.06 bits per heavy atom. The highest BCUT2D eigenvalue weighted by atomic mass is 16.5. The van der Waals surface area contributed by atoms with Crippen molar-refractivity contribution in [2.24, 2.45) is 5.73 Å². The molecule has 2 aromatic heterocycles. The van der Waals surface area contributed by atoms with Gasteiger partial charge in [0.05, 0.1) is 12.7 Å². The Morgan fingerprint density at radius 2 is 1.82 bits per heavy atom. The van der Waals surface area contributed by atoms with Crippen molar-refractivity contribution in [3.63, 3.8) is 0 Å². The number of hydrogen-bond donors (Lipinski definition) is 3. The summed E-state index contributed by atoms with van der Waals surface area (Å²) < 4.78 is 5.00. The summed E-state index contributed by atoms with van der Waals surface area (Å²) in [6.07, 6.45) is 5.68. The van der Waals surface area contributed by atoms with Crippen LogP contribution in [0.25, 0.3) is 33.3 Å². The van der Waals surface area contributed by atoms with Crippen LogP contribution in [0.15, 0.2) is 60.9 Å². The van der Waals surface area contributed by atoms with Gasteiger partial charge in [-0.25, -0.2) is 9.78 Å². The minimum absolute atomic E-state index is 0.376. The average Bonchev–Trinajstić information content (AvgIpc) is 3.33. The summed E-state index contributed by atoms with van der Waals surface area (Å²) in [5.41, 5.74) is 13.9. The highest BCUT2D eigenvalue weighted by molar-refractivity contribution is 6.09. The van der Waals surface area contributed by atoms with Crippen LogP contribution in [0.2, 0.25) is 0 Å². The molecule has 6 heteroatoms. The first-order valence-corrected chi connectivity index (χ1v) is 11.4. The van der Waals surface area contributed by atoms with Crippen LogP contribution in [0, 0.1) is 0 Å². The van der Waals surface area contributed by atoms with E-state index in [9.17, 15) is 4.79 Å². The molecule has 0 bridgehead atoms. The Labute approximate surface area is 193 Å². The fourth-order valence-corrected chi connectivity index (χ4v) is 4.85. The second-order valence-electron chi connectivity index (χ2n) is 8.50. The molecule has 0 radical (unpaired) electrons. The number of nitrogens with zero attached hydrogens (tertiary/aromatic N) is 1. The van der Waals surface area contributed by atoms with Crippen LogP contribution in [0.4, 0.5) is 0 Å². The third-order valence-corrected chi connectivity index (χ3v) is 6.62. The van der Waals surface area contributed by atoms with Gasteiger partial charge in [-0.2, -0.15) is 0 Å². The minimum atomic E-state index is -0.376. The molecular formula is C27H28N4O2. The van der Waals surface area contributed by atoms with E-state index in [0.717, 1.165) is 48.0 Å². The largest absolute Gasteiger partial charge is 0.465 e. The monoisotopic (exact) mass is 440 g/mol. The fourth-order valence-electron chi connectivity index (χ4n) is 4.85. The second-order valence-corrected chi connectivity index (χ2v) is 8.50. The Hall–Kier alpha value is -3.48. The molecule has 4 N–H and O–H groups in total. The van der Waals surface area contributed by atoms with E-state index >= 15 is 0 Å². The van der Waals surface area contributed by atoms with Crippen molar-refractivity contribution >= 4 is 17.0 Å². The normalized spacial score (nSPS) is 14.5. The molecule has 6 nitrogen and oxygen atoms in total. The zero-order valence-electron chi connectivity index (χ0n) is 18.7. The van der Waals surface area contributed by atoms with Crippen LogP contribution in [0.3, 0.4) is 0 Å². The van der Waals surface area contributed by atoms with Crippen molar-refractivity contribution in [2.45, 2.75) is 25.3 Å². The van der Waals surface area contributed by atoms with Crippen LogP contribution < -0.4 is 11.1 Å². The number of piperidine rings is 1. The van der Waals surface area contributed by atoms with Gasteiger partial charge in [0, 0.05) is 24.3 Å². The number of esters is 1. The molecule has 5 rings (SSSR count). The van der Waals surface area contributed by atoms with Crippen LogP contribution >= 0.6 is 0 Å². The number of methoxy groups -OCH3 is 1. The molecule has 1 saturated heterocycles. The molecule has 168 valence electrons. The van der Waals surface area contributed by atoms with E-state index in [4.69, 9.17) is 10.5 Å². The summed E-state index contributed by atoms with van der Waals surface area (Å²) in [4.78, 5) is 19.9. The third-order valence-electron chi connectivity index (χ3n) is 6.62. The number of fused-ring (bicyclic) bond motifs is 1. The Morgan fingerprint density at radius 3 is 2.55 bits per heavy atom. The molecule has 0 atom stereocenters. The van der Waals surface area contributed by atoms with Gasteiger partial charge in [0.15, 0.2) is 0 Å². The lowest BCUT2D eigenvalue weighted by Gasteiger charge is -2.26. The number of benzene rings is 2. The molecule has 1 aliphatic heterocycles. The van der Waals surface area contributed by atoms with E-state index in [2.05, 4.69) is 57.7 Å². The highest BCUT2D eigenvalue weighted by Gasteiger charge is 2.21. The van der Waals surface area contributed by atoms with Gasteiger partial charge in [-0.3, -0.25) is 0 Å². The Bertz CT molecular complexity index is 1290. The SMILES string of the molecule is COC(=O)c1c[nH]c2nccc(-c3ccc(C4CCNCC4)c(-c4ccc(CN)cc4)c3)c12. The molecule has 2 aromatic carbocycles. The Balaban J connectivity index is 1.68. The van der Waals surface area contributed by atoms with Crippen LogP contribution in [0.1, 0.15) is 40.2 Å². The number of H-pyrrole nitrogens is 1. The lowest BCUT2D eigenvalue weighted by Crippen LogP contribution is -2.26. The third kappa shape index (κ3) is 4.03. The van der Waals surface area contributed by atoms with Gasteiger partial charge in [0.1, 0.15) is 5.65 Å². The smallest absolute Gasteiger partial charge is 0.340 e. The molecule has 0 spiro atoms. The molecule has 33 heavy (non-hydrogen) atoms. The topological polar surface area (TPSA) is 93.0 Å². The number of rotatable bonds is 5. The number of carbonyl (C=O) groups is 1. The van der Waals surface area contributed by atoms with Gasteiger partial charge in [-0.05, 0) is 77.4 Å². The molecule has 1 fully saturated rings. The van der Waals surface area contributed by atoms with Crippen LogP contribution in [0.5, 0.6) is 0 Å². The number of pyridine rings is 1. The molecular weight excluding hydrogens is 412 g/mol. The Kier molecular flexibility index (Phi) is 5.94. The van der Waals surface area contributed by atoms with E-state index < -0.39 is 0 Å². The molecule has 0 aliphatic carbocycles. The second kappa shape index (κ2) is 9.17. The summed E-state index contributed by atoms with van der Waals surface area (Å²) in [5.74, 6) is 0.138. The lowest BCUT2D eigenvalue weighted by atomic mass is 9.83. The van der Waals surface area contributed by atoms with E-state index in [1.807, 2.05) is 6.07 Å². The van der Waals surface area contributed by atoms with E-state index in [1.165, 1.54) is 23.8 Å². The quantitative estimate of drug-likeness (QED) is 0.394. The zero-order valence-corrected chi connectivity index (χ0v) is 18.7. The van der Waals surface area contributed by atoms with E-state index in [0.29, 0.717) is 23.7 Å². The number of aromatic nitrogens is 2. The number of aromatic amines is 1. The van der Waals surface area contributed by atoms with Gasteiger partial charge in [0.25, 0.3) is 0 Å². The van der Waals surface area contributed by atoms with Crippen molar-refractivity contribution in [1.82, 2.24) is 15.3 Å². The van der Waals surface area contributed by atoms with Crippen LogP contribution in [-0.2, 0) is 11.3 Å². The number of carbonyl (C=O) groups excluding carboxylic acids is 1. The van der Waals surface area contributed by atoms with Crippen LogP contribution in [-0.4, -0.2) is 36.1 Å². The molecule has 4 aromatic rings. The van der Waals surface area contributed by atoms with Crippen molar-refractivity contribution in [3.05, 3.63) is 77.6 Å². The molecule has 3 heterocycles. The molecule has 1 aliphatic rings. The van der Waals surface area contributed by atoms with Crippen molar-refractivity contribution < 1.29 is 9.53 Å². The fraction of sp³-hybridized carbons (Fsp3) is 0.259. The first-order chi connectivity index (χ1) is 16.2. The van der Waals surface area contributed by atoms with Gasteiger partial charge in [-0.15, -0.1) is 0 Å². The first kappa shape index (κ1) is 21.4. The number of ether oxygens (including phenoxy) is 1. The summed E-state index contributed by atoms with van der Waals surface area (Å²) >= 11 is 0. The molecule has 0 unspecified atom stereocenters. The standard InChI is InChI=1S/C27H28N4O2/c1-33-27(32)24-16-31-26-25(24)22(10-13-30-26)20-6-7-21(19-8-11-29-12-9-19)23(14-20)18-4-2-17(15-28)3-5-18/h2-7,10,13-14,16,19,29H,8-9,11-12,15,28H2,1H3,(H,30,31). The summed E-state index contributed by atoms with van der Waals surface area (Å²) in [6.45, 7) is 2.60. The highest BCUT2D eigenvalue weighted by Crippen LogP contribution is 2.39. The predicted molar refractivity (Wildman–Crippen MR) is 131 cm³/mol. The summed E-state index contributed by atoms with van der Waals surface area (Å²) in [7, 11) is 1.40. The van der Waals surface area contributed by atoms with Gasteiger partial charge >= 0.3 is 5.97 Å². The maximum Gasteiger partial charge on any atom is 0.340 e. The summed E-state index contributed by atoms with van der Waals surface area (Å²) in [5, 5.41) is 4.25. The van der Waals surface area contributed by atoms with Crippen molar-refractivity contribution in [3.8, 4) is 22.3 Å². The van der Waals surface area contributed by atoms with Gasteiger partial charge < -0.3 is 20.8 Å². The van der Waals surface area contributed by atoms with E-state index in [-0.39, 0.29) is 5.97 Å². The average molecular weight is 441 g/mol. The number of nitrogens with one attached hydrogen (secondary N) is 2. The molecule has 0 saturated carbocycles. The maximum absolute atomic E-state index is 12.4. The van der Waals surface area contributed by atoms with Crippen molar-refractivity contribution in [1.29, 1.82) is 0 Å². The number of nitrogens with two attached hydrogens (primary N) is 1. The van der Waals surface area contributed by atoms with Crippen molar-refractivity contribution in [2.75, 3.05) is 20.2 Å². The number of hydrogen-bond acceptors (Lipinski definition) is 5. The zero-order chi connectivity index (χ0) is 22.8. The van der Waals surface area contributed by atoms with Gasteiger partial charge in [-0.1, -0.05) is 36.4 Å². The maximum atomic E-state index is 12.4. The summed E-state index contributed by atoms with van der Waals surface area (Å²) in [6, 6.07) is 17.1. The predicted octanol–water partition coefficient (Wildman–Crippen LogP) is 4.61. The first-order valence-electron chi connectivity index (χ1n) is 11.4.